The number of fused-ring (bicyclic) bond motifs is 3. The summed E-state index contributed by atoms with van der Waals surface area (Å²) in [5.74, 6) is 0.975. The molecule has 2 aliphatic carbocycles. The van der Waals surface area contributed by atoms with E-state index in [1.54, 1.807) is 6.92 Å². The molecule has 5 rings (SSSR count). The third-order valence-electron chi connectivity index (χ3n) is 7.58. The molecule has 3 N–H and O–H groups in total. The van der Waals surface area contributed by atoms with Crippen molar-refractivity contribution in [3.63, 3.8) is 0 Å². The SMILES string of the molecule is CC(Cc1c[nH]c2ccccc12)(OC(=O)NC1CC2CCC1C2)C(=O)NCCc1ccccc1. The fourth-order valence-electron chi connectivity index (χ4n) is 5.76. The Morgan fingerprint density at radius 1 is 1.06 bits per heavy atom. The lowest BCUT2D eigenvalue weighted by atomic mass is 9.94. The number of carbonyl (C=O) groups is 2. The summed E-state index contributed by atoms with van der Waals surface area (Å²) in [6.45, 7) is 2.19. The number of aromatic amines is 1. The Morgan fingerprint density at radius 3 is 2.62 bits per heavy atom. The normalized spacial score (nSPS) is 22.9. The maximum atomic E-state index is 13.4. The lowest BCUT2D eigenvalue weighted by molar-refractivity contribution is -0.138. The van der Waals surface area contributed by atoms with E-state index in [0.29, 0.717) is 31.2 Å². The lowest BCUT2D eigenvalue weighted by Gasteiger charge is -2.30. The van der Waals surface area contributed by atoms with Gasteiger partial charge in [-0.25, -0.2) is 4.79 Å². The Bertz CT molecular complexity index is 1160. The van der Waals surface area contributed by atoms with E-state index in [1.165, 1.54) is 19.3 Å². The molecular formula is C28H33N3O3. The number of nitrogens with one attached hydrogen (secondary N) is 3. The molecule has 6 heteroatoms. The highest BCUT2D eigenvalue weighted by Gasteiger charge is 2.43. The molecule has 2 fully saturated rings. The van der Waals surface area contributed by atoms with Crippen molar-refractivity contribution in [1.29, 1.82) is 0 Å². The van der Waals surface area contributed by atoms with Gasteiger partial charge in [0.05, 0.1) is 0 Å². The van der Waals surface area contributed by atoms with Crippen LogP contribution in [0.25, 0.3) is 10.9 Å². The first-order chi connectivity index (χ1) is 16.5. The molecular weight excluding hydrogens is 426 g/mol. The summed E-state index contributed by atoms with van der Waals surface area (Å²) >= 11 is 0. The van der Waals surface area contributed by atoms with E-state index in [1.807, 2.05) is 60.8 Å². The van der Waals surface area contributed by atoms with Crippen molar-refractivity contribution in [3.8, 4) is 0 Å². The molecule has 34 heavy (non-hydrogen) atoms. The predicted molar refractivity (Wildman–Crippen MR) is 132 cm³/mol. The van der Waals surface area contributed by atoms with E-state index in [0.717, 1.165) is 28.5 Å². The summed E-state index contributed by atoms with van der Waals surface area (Å²) in [4.78, 5) is 29.6. The average molecular weight is 460 g/mol. The molecule has 1 heterocycles. The molecule has 2 saturated carbocycles. The first-order valence-corrected chi connectivity index (χ1v) is 12.4. The van der Waals surface area contributed by atoms with Crippen molar-refractivity contribution in [2.75, 3.05) is 6.54 Å². The molecule has 0 spiro atoms. The molecule has 4 atom stereocenters. The summed E-state index contributed by atoms with van der Waals surface area (Å²) in [6.07, 6.45) is 7.04. The predicted octanol–water partition coefficient (Wildman–Crippen LogP) is 4.74. The monoisotopic (exact) mass is 459 g/mol. The number of para-hydroxylation sites is 1. The highest BCUT2D eigenvalue weighted by atomic mass is 16.6. The fraction of sp³-hybridized carbons (Fsp3) is 0.429. The van der Waals surface area contributed by atoms with E-state index in [4.69, 9.17) is 4.74 Å². The maximum Gasteiger partial charge on any atom is 0.408 e. The standard InChI is InChI=1S/C28H33N3O3/c1-28(17-22-18-30-24-10-6-5-9-23(22)24,26(32)29-14-13-19-7-3-2-4-8-19)34-27(33)31-25-16-20-11-12-21(25)15-20/h2-10,18,20-21,25,30H,11-17H2,1H3,(H,29,32)(H,31,33). The van der Waals surface area contributed by atoms with E-state index < -0.39 is 11.7 Å². The van der Waals surface area contributed by atoms with Gasteiger partial charge < -0.3 is 20.4 Å². The number of hydrogen-bond donors (Lipinski definition) is 3. The molecule has 0 aliphatic heterocycles. The van der Waals surface area contributed by atoms with Crippen molar-refractivity contribution in [1.82, 2.24) is 15.6 Å². The van der Waals surface area contributed by atoms with Crippen LogP contribution in [0, 0.1) is 11.8 Å². The number of hydrogen-bond acceptors (Lipinski definition) is 3. The minimum atomic E-state index is -1.33. The quantitative estimate of drug-likeness (QED) is 0.455. The smallest absolute Gasteiger partial charge is 0.408 e. The van der Waals surface area contributed by atoms with Gasteiger partial charge in [0.1, 0.15) is 0 Å². The number of rotatable bonds is 8. The van der Waals surface area contributed by atoms with E-state index in [2.05, 4.69) is 15.6 Å². The minimum Gasteiger partial charge on any atom is -0.433 e. The minimum absolute atomic E-state index is 0.157. The van der Waals surface area contributed by atoms with Crippen molar-refractivity contribution in [2.24, 2.45) is 11.8 Å². The average Bonchev–Trinajstić information content (AvgIpc) is 3.56. The van der Waals surface area contributed by atoms with Gasteiger partial charge in [-0.15, -0.1) is 0 Å². The van der Waals surface area contributed by atoms with Crippen LogP contribution in [0.3, 0.4) is 0 Å². The molecule has 178 valence electrons. The molecule has 0 saturated heterocycles. The van der Waals surface area contributed by atoms with Gasteiger partial charge in [-0.05, 0) is 61.6 Å². The van der Waals surface area contributed by atoms with Crippen LogP contribution in [-0.4, -0.2) is 35.2 Å². The van der Waals surface area contributed by atoms with Crippen molar-refractivity contribution < 1.29 is 14.3 Å². The first kappa shape index (κ1) is 22.5. The van der Waals surface area contributed by atoms with E-state index in [-0.39, 0.29) is 11.9 Å². The van der Waals surface area contributed by atoms with Crippen LogP contribution in [0.2, 0.25) is 0 Å². The summed E-state index contributed by atoms with van der Waals surface area (Å²) in [7, 11) is 0. The number of ether oxygens (including phenoxy) is 1. The zero-order valence-electron chi connectivity index (χ0n) is 19.7. The Morgan fingerprint density at radius 2 is 1.85 bits per heavy atom. The molecule has 2 bridgehead atoms. The molecule has 3 aromatic rings. The highest BCUT2D eigenvalue weighted by molar-refractivity contribution is 5.89. The summed E-state index contributed by atoms with van der Waals surface area (Å²) < 4.78 is 5.92. The maximum absolute atomic E-state index is 13.4. The van der Waals surface area contributed by atoms with Gasteiger partial charge in [0.15, 0.2) is 5.60 Å². The fourth-order valence-corrected chi connectivity index (χ4v) is 5.76. The summed E-state index contributed by atoms with van der Waals surface area (Å²) in [6, 6.07) is 18.1. The van der Waals surface area contributed by atoms with Gasteiger partial charge in [0.25, 0.3) is 5.91 Å². The van der Waals surface area contributed by atoms with Crippen LogP contribution in [0.1, 0.15) is 43.7 Å². The second kappa shape index (κ2) is 9.53. The molecule has 4 unspecified atom stereocenters. The van der Waals surface area contributed by atoms with Crippen molar-refractivity contribution >= 4 is 22.9 Å². The first-order valence-electron chi connectivity index (χ1n) is 12.4. The molecule has 0 radical (unpaired) electrons. The summed E-state index contributed by atoms with van der Waals surface area (Å²) in [5.41, 5.74) is 1.76. The number of carbonyl (C=O) groups excluding carboxylic acids is 2. The van der Waals surface area contributed by atoms with Crippen LogP contribution in [0.5, 0.6) is 0 Å². The Hall–Kier alpha value is -3.28. The van der Waals surface area contributed by atoms with Gasteiger partial charge in [-0.3, -0.25) is 4.79 Å². The molecule has 2 amide bonds. The van der Waals surface area contributed by atoms with Gasteiger partial charge in [0, 0.05) is 36.1 Å². The van der Waals surface area contributed by atoms with Crippen LogP contribution in [0.15, 0.2) is 60.8 Å². The van der Waals surface area contributed by atoms with Crippen LogP contribution >= 0.6 is 0 Å². The zero-order valence-corrected chi connectivity index (χ0v) is 19.7. The Kier molecular flexibility index (Phi) is 6.31. The number of alkyl carbamates (subject to hydrolysis) is 1. The van der Waals surface area contributed by atoms with Crippen LogP contribution < -0.4 is 10.6 Å². The highest BCUT2D eigenvalue weighted by Crippen LogP contribution is 2.44. The van der Waals surface area contributed by atoms with Crippen molar-refractivity contribution in [3.05, 3.63) is 71.9 Å². The number of H-pyrrole nitrogens is 1. The molecule has 6 nitrogen and oxygen atoms in total. The second-order valence-electron chi connectivity index (χ2n) is 10.1. The van der Waals surface area contributed by atoms with E-state index in [9.17, 15) is 9.59 Å². The molecule has 2 aliphatic rings. The van der Waals surface area contributed by atoms with Crippen LogP contribution in [-0.2, 0) is 22.4 Å². The third-order valence-corrected chi connectivity index (χ3v) is 7.58. The number of benzene rings is 2. The third kappa shape index (κ3) is 4.81. The number of aromatic nitrogens is 1. The number of amides is 2. The molecule has 2 aromatic carbocycles. The van der Waals surface area contributed by atoms with E-state index >= 15 is 0 Å². The van der Waals surface area contributed by atoms with Gasteiger partial charge in [-0.2, -0.15) is 0 Å². The second-order valence-corrected chi connectivity index (χ2v) is 10.1. The summed E-state index contributed by atoms with van der Waals surface area (Å²) in [5, 5.41) is 7.11. The lowest BCUT2D eigenvalue weighted by Crippen LogP contribution is -2.52. The van der Waals surface area contributed by atoms with Gasteiger partial charge >= 0.3 is 6.09 Å². The Labute approximate surface area is 200 Å². The van der Waals surface area contributed by atoms with Gasteiger partial charge in [-0.1, -0.05) is 55.0 Å². The molecule has 1 aromatic heterocycles. The van der Waals surface area contributed by atoms with Crippen LogP contribution in [0.4, 0.5) is 4.79 Å². The Balaban J connectivity index is 1.29. The van der Waals surface area contributed by atoms with Gasteiger partial charge in [0.2, 0.25) is 0 Å². The zero-order chi connectivity index (χ0) is 23.5. The topological polar surface area (TPSA) is 83.2 Å². The largest absolute Gasteiger partial charge is 0.433 e. The van der Waals surface area contributed by atoms with Crippen molar-refractivity contribution in [2.45, 2.75) is 57.1 Å².